The Morgan fingerprint density at radius 3 is 2.26 bits per heavy atom. The van der Waals surface area contributed by atoms with Crippen LogP contribution >= 0.6 is 0 Å². The molecule has 3 rings (SSSR count). The molecule has 1 fully saturated rings. The van der Waals surface area contributed by atoms with Crippen LogP contribution in [0.15, 0.2) is 16.9 Å². The first kappa shape index (κ1) is 19.1. The van der Waals surface area contributed by atoms with Crippen molar-refractivity contribution in [3.05, 3.63) is 51.0 Å². The highest BCUT2D eigenvalue weighted by molar-refractivity contribution is 5.77. The molecule has 0 atom stereocenters. The van der Waals surface area contributed by atoms with Crippen LogP contribution in [0.3, 0.4) is 0 Å². The molecule has 0 spiro atoms. The smallest absolute Gasteiger partial charge is 0.345 e. The predicted molar refractivity (Wildman–Crippen MR) is 105 cm³/mol. The average molecular weight is 369 g/mol. The molecule has 144 valence electrons. The minimum atomic E-state index is -0.335. The van der Waals surface area contributed by atoms with Gasteiger partial charge in [0.15, 0.2) is 0 Å². The molecule has 0 aliphatic carbocycles. The van der Waals surface area contributed by atoms with Gasteiger partial charge in [0.05, 0.1) is 0 Å². The number of amides is 1. The molecule has 2 aromatic rings. The minimum Gasteiger partial charge on any atom is -0.368 e. The summed E-state index contributed by atoms with van der Waals surface area (Å²) < 4.78 is 0. The number of H-pyrrole nitrogens is 1. The van der Waals surface area contributed by atoms with Gasteiger partial charge >= 0.3 is 5.69 Å². The number of aromatic nitrogens is 3. The van der Waals surface area contributed by atoms with Gasteiger partial charge in [-0.05, 0) is 51.8 Å². The molecule has 0 bridgehead atoms. The van der Waals surface area contributed by atoms with Gasteiger partial charge in [0.1, 0.15) is 0 Å². The van der Waals surface area contributed by atoms with Crippen LogP contribution in [0.25, 0.3) is 0 Å². The van der Waals surface area contributed by atoms with Crippen molar-refractivity contribution < 1.29 is 4.79 Å². The van der Waals surface area contributed by atoms with Gasteiger partial charge in [0, 0.05) is 61.1 Å². The van der Waals surface area contributed by atoms with Crippen LogP contribution in [0.2, 0.25) is 0 Å². The Hall–Kier alpha value is -2.70. The molecule has 1 amide bonds. The lowest BCUT2D eigenvalue weighted by molar-refractivity contribution is -0.131. The van der Waals surface area contributed by atoms with Gasteiger partial charge in [-0.25, -0.2) is 4.79 Å². The predicted octanol–water partition coefficient (Wildman–Crippen LogP) is 1.68. The number of anilines is 1. The van der Waals surface area contributed by atoms with Crippen LogP contribution in [-0.2, 0) is 11.2 Å². The number of rotatable bonds is 4. The molecule has 2 aromatic heterocycles. The molecule has 0 saturated carbocycles. The summed E-state index contributed by atoms with van der Waals surface area (Å²) in [6.07, 6.45) is 1.03. The third-order valence-corrected chi connectivity index (χ3v) is 5.11. The second kappa shape index (κ2) is 7.90. The molecule has 1 aliphatic heterocycles. The van der Waals surface area contributed by atoms with Crippen LogP contribution in [0.1, 0.15) is 34.8 Å². The number of aryl methyl sites for hydroxylation is 4. The van der Waals surface area contributed by atoms with E-state index in [0.717, 1.165) is 48.8 Å². The molecule has 0 aromatic carbocycles. The molecular weight excluding hydrogens is 342 g/mol. The van der Waals surface area contributed by atoms with Crippen molar-refractivity contribution in [1.29, 1.82) is 0 Å². The van der Waals surface area contributed by atoms with Crippen LogP contribution in [0.4, 0.5) is 5.69 Å². The van der Waals surface area contributed by atoms with E-state index < -0.39 is 0 Å². The van der Waals surface area contributed by atoms with Crippen molar-refractivity contribution in [3.63, 3.8) is 0 Å². The van der Waals surface area contributed by atoms with E-state index in [1.165, 1.54) is 5.69 Å². The first-order chi connectivity index (χ1) is 12.8. The number of nitrogens with one attached hydrogen (secondary N) is 1. The number of carbonyl (C=O) groups excluding carboxylic acids is 1. The lowest BCUT2D eigenvalue weighted by atomic mass is 10.1. The van der Waals surface area contributed by atoms with Crippen molar-refractivity contribution in [1.82, 2.24) is 19.9 Å². The van der Waals surface area contributed by atoms with Crippen molar-refractivity contribution in [2.75, 3.05) is 31.1 Å². The quantitative estimate of drug-likeness (QED) is 0.887. The summed E-state index contributed by atoms with van der Waals surface area (Å²) in [7, 11) is 0. The zero-order chi connectivity index (χ0) is 19.6. The fraction of sp³-hybridized carbons (Fsp3) is 0.500. The number of nitrogens with zero attached hydrogens (tertiary/aromatic N) is 4. The Kier molecular flexibility index (Phi) is 5.58. The monoisotopic (exact) mass is 369 g/mol. The number of hydrogen-bond acceptors (Lipinski definition) is 5. The molecule has 1 saturated heterocycles. The van der Waals surface area contributed by atoms with Gasteiger partial charge in [0.2, 0.25) is 5.91 Å². The van der Waals surface area contributed by atoms with Gasteiger partial charge in [-0.3, -0.25) is 9.78 Å². The lowest BCUT2D eigenvalue weighted by Crippen LogP contribution is -2.49. The first-order valence-corrected chi connectivity index (χ1v) is 9.38. The van der Waals surface area contributed by atoms with Gasteiger partial charge in [-0.1, -0.05) is 0 Å². The van der Waals surface area contributed by atoms with Crippen molar-refractivity contribution in [2.24, 2.45) is 0 Å². The fourth-order valence-electron chi connectivity index (χ4n) is 3.72. The minimum absolute atomic E-state index is 0.154. The van der Waals surface area contributed by atoms with Crippen LogP contribution in [0, 0.1) is 27.7 Å². The second-order valence-corrected chi connectivity index (χ2v) is 7.21. The van der Waals surface area contributed by atoms with E-state index in [4.69, 9.17) is 0 Å². The van der Waals surface area contributed by atoms with E-state index >= 15 is 0 Å². The number of aromatic amines is 1. The standard InChI is InChI=1S/C20H27N5O2/c1-13-11-17(12-14(2)21-13)24-7-9-25(10-8-24)19(26)6-5-18-15(3)22-20(27)23-16(18)4/h11-12H,5-10H2,1-4H3,(H,22,23,27). The van der Waals surface area contributed by atoms with Crippen molar-refractivity contribution >= 4 is 11.6 Å². The van der Waals surface area contributed by atoms with E-state index in [0.29, 0.717) is 18.5 Å². The summed E-state index contributed by atoms with van der Waals surface area (Å²) in [6, 6.07) is 4.19. The van der Waals surface area contributed by atoms with Crippen LogP contribution < -0.4 is 10.6 Å². The van der Waals surface area contributed by atoms with Crippen LogP contribution in [-0.4, -0.2) is 51.9 Å². The largest absolute Gasteiger partial charge is 0.368 e. The van der Waals surface area contributed by atoms with Crippen molar-refractivity contribution in [2.45, 2.75) is 40.5 Å². The first-order valence-electron chi connectivity index (χ1n) is 9.38. The third kappa shape index (κ3) is 4.53. The summed E-state index contributed by atoms with van der Waals surface area (Å²) in [5, 5.41) is 0. The van der Waals surface area contributed by atoms with Gasteiger partial charge in [-0.15, -0.1) is 0 Å². The van der Waals surface area contributed by atoms with Gasteiger partial charge < -0.3 is 14.8 Å². The van der Waals surface area contributed by atoms with E-state index in [-0.39, 0.29) is 11.6 Å². The average Bonchev–Trinajstić information content (AvgIpc) is 2.60. The summed E-state index contributed by atoms with van der Waals surface area (Å²) in [6.45, 7) is 10.8. The molecule has 0 unspecified atom stereocenters. The molecule has 7 heteroatoms. The highest BCUT2D eigenvalue weighted by atomic mass is 16.2. The summed E-state index contributed by atoms with van der Waals surface area (Å²) in [5.74, 6) is 0.154. The molecule has 1 aliphatic rings. The Morgan fingerprint density at radius 1 is 1.04 bits per heavy atom. The SMILES string of the molecule is Cc1cc(N2CCN(C(=O)CCc3c(C)nc(=O)[nH]c3C)CC2)cc(C)n1. The Balaban J connectivity index is 1.57. The van der Waals surface area contributed by atoms with E-state index in [1.54, 1.807) is 0 Å². The van der Waals surface area contributed by atoms with E-state index in [1.807, 2.05) is 32.6 Å². The number of carbonyl (C=O) groups is 1. The van der Waals surface area contributed by atoms with E-state index in [2.05, 4.69) is 32.0 Å². The summed E-state index contributed by atoms with van der Waals surface area (Å²) in [4.78, 5) is 39.3. The number of pyridine rings is 1. The Labute approximate surface area is 159 Å². The highest BCUT2D eigenvalue weighted by Crippen LogP contribution is 2.19. The number of hydrogen-bond donors (Lipinski definition) is 1. The summed E-state index contributed by atoms with van der Waals surface area (Å²) >= 11 is 0. The second-order valence-electron chi connectivity index (χ2n) is 7.21. The van der Waals surface area contributed by atoms with Crippen molar-refractivity contribution in [3.8, 4) is 0 Å². The summed E-state index contributed by atoms with van der Waals surface area (Å²) in [5.41, 5.74) is 5.35. The normalized spacial score (nSPS) is 14.5. The highest BCUT2D eigenvalue weighted by Gasteiger charge is 2.22. The zero-order valence-electron chi connectivity index (χ0n) is 16.5. The maximum absolute atomic E-state index is 12.6. The Morgan fingerprint density at radius 2 is 1.67 bits per heavy atom. The van der Waals surface area contributed by atoms with Crippen LogP contribution in [0.5, 0.6) is 0 Å². The molecule has 27 heavy (non-hydrogen) atoms. The third-order valence-electron chi connectivity index (χ3n) is 5.11. The van der Waals surface area contributed by atoms with Gasteiger partial charge in [-0.2, -0.15) is 4.98 Å². The zero-order valence-corrected chi connectivity index (χ0v) is 16.5. The fourth-order valence-corrected chi connectivity index (χ4v) is 3.72. The maximum atomic E-state index is 12.6. The molecular formula is C20H27N5O2. The maximum Gasteiger partial charge on any atom is 0.345 e. The topological polar surface area (TPSA) is 82.2 Å². The number of piperazine rings is 1. The Bertz CT molecular complexity index is 851. The molecule has 0 radical (unpaired) electrons. The molecule has 3 heterocycles. The van der Waals surface area contributed by atoms with E-state index in [9.17, 15) is 9.59 Å². The van der Waals surface area contributed by atoms with Gasteiger partial charge in [0.25, 0.3) is 0 Å². The molecule has 7 nitrogen and oxygen atoms in total. The lowest BCUT2D eigenvalue weighted by Gasteiger charge is -2.36. The molecule has 1 N–H and O–H groups in total.